The van der Waals surface area contributed by atoms with Crippen LogP contribution in [-0.4, -0.2) is 42.4 Å². The first-order chi connectivity index (χ1) is 8.98. The molecule has 3 heteroatoms. The maximum Gasteiger partial charge on any atom is 0.0928 e. The third-order valence-electron chi connectivity index (χ3n) is 4.68. The van der Waals surface area contributed by atoms with Crippen molar-refractivity contribution in [1.82, 2.24) is 4.90 Å². The predicted molar refractivity (Wildman–Crippen MR) is 75.2 cm³/mol. The minimum atomic E-state index is -0.692. The van der Waals surface area contributed by atoms with Gasteiger partial charge >= 0.3 is 0 Å². The summed E-state index contributed by atoms with van der Waals surface area (Å²) in [6.07, 6.45) is 1.53. The number of piperidine rings is 1. The highest BCUT2D eigenvalue weighted by molar-refractivity contribution is 5.33. The molecule has 2 aliphatic rings. The standard InChI is InChI=1S/C16H23NO2/c1-11-4-12(2)6-13(5-11)16(18)7-14-9-19-10-15(8-16)17(14)3/h4-6,14-15,18H,7-10H2,1-3H3. The summed E-state index contributed by atoms with van der Waals surface area (Å²) in [7, 11) is 2.15. The van der Waals surface area contributed by atoms with Crippen molar-refractivity contribution in [3.63, 3.8) is 0 Å². The molecule has 0 amide bonds. The molecule has 1 aromatic rings. The summed E-state index contributed by atoms with van der Waals surface area (Å²) in [5.74, 6) is 0. The second kappa shape index (κ2) is 4.58. The zero-order chi connectivity index (χ0) is 13.6. The van der Waals surface area contributed by atoms with Gasteiger partial charge in [-0.3, -0.25) is 4.90 Å². The van der Waals surface area contributed by atoms with Crippen LogP contribution in [0.4, 0.5) is 0 Å². The third kappa shape index (κ3) is 2.31. The van der Waals surface area contributed by atoms with Crippen LogP contribution in [0.25, 0.3) is 0 Å². The SMILES string of the molecule is Cc1cc(C)cc(C2(O)CC3COCC(C2)N3C)c1. The number of aryl methyl sites for hydroxylation is 2. The lowest BCUT2D eigenvalue weighted by molar-refractivity contribution is -0.137. The molecule has 3 rings (SSSR count). The summed E-state index contributed by atoms with van der Waals surface area (Å²) >= 11 is 0. The van der Waals surface area contributed by atoms with E-state index in [9.17, 15) is 5.11 Å². The average Bonchev–Trinajstić information content (AvgIpc) is 2.30. The molecule has 0 aromatic heterocycles. The van der Waals surface area contributed by atoms with Crippen molar-refractivity contribution in [3.8, 4) is 0 Å². The van der Waals surface area contributed by atoms with Crippen LogP contribution >= 0.6 is 0 Å². The van der Waals surface area contributed by atoms with Crippen molar-refractivity contribution < 1.29 is 9.84 Å². The number of aliphatic hydroxyl groups is 1. The lowest BCUT2D eigenvalue weighted by atomic mass is 9.76. The Morgan fingerprint density at radius 2 is 1.63 bits per heavy atom. The molecule has 2 unspecified atom stereocenters. The van der Waals surface area contributed by atoms with Gasteiger partial charge in [0.25, 0.3) is 0 Å². The molecule has 2 bridgehead atoms. The van der Waals surface area contributed by atoms with Crippen LogP contribution < -0.4 is 0 Å². The van der Waals surface area contributed by atoms with Gasteiger partial charge in [-0.15, -0.1) is 0 Å². The van der Waals surface area contributed by atoms with Crippen LogP contribution in [-0.2, 0) is 10.3 Å². The van der Waals surface area contributed by atoms with E-state index in [2.05, 4.69) is 44.0 Å². The zero-order valence-electron chi connectivity index (χ0n) is 12.0. The second-order valence-electron chi connectivity index (χ2n) is 6.33. The van der Waals surface area contributed by atoms with E-state index < -0.39 is 5.60 Å². The van der Waals surface area contributed by atoms with Crippen molar-refractivity contribution in [1.29, 1.82) is 0 Å². The molecule has 0 spiro atoms. The van der Waals surface area contributed by atoms with Crippen LogP contribution in [0.5, 0.6) is 0 Å². The van der Waals surface area contributed by atoms with Crippen molar-refractivity contribution in [2.45, 2.75) is 44.4 Å². The smallest absolute Gasteiger partial charge is 0.0928 e. The first-order valence-corrected chi connectivity index (χ1v) is 7.09. The molecule has 3 nitrogen and oxygen atoms in total. The Labute approximate surface area is 115 Å². The third-order valence-corrected chi connectivity index (χ3v) is 4.68. The Balaban J connectivity index is 1.95. The number of hydrogen-bond acceptors (Lipinski definition) is 3. The van der Waals surface area contributed by atoms with Crippen molar-refractivity contribution in [2.75, 3.05) is 20.3 Å². The monoisotopic (exact) mass is 261 g/mol. The molecule has 2 saturated heterocycles. The quantitative estimate of drug-likeness (QED) is 0.839. The number of morpholine rings is 1. The summed E-state index contributed by atoms with van der Waals surface area (Å²) in [5, 5.41) is 11.1. The molecule has 104 valence electrons. The van der Waals surface area contributed by atoms with Crippen LogP contribution in [0, 0.1) is 13.8 Å². The van der Waals surface area contributed by atoms with Crippen LogP contribution in [0.3, 0.4) is 0 Å². The van der Waals surface area contributed by atoms with Gasteiger partial charge in [-0.1, -0.05) is 29.3 Å². The topological polar surface area (TPSA) is 32.7 Å². The Bertz CT molecular complexity index is 451. The highest BCUT2D eigenvalue weighted by Crippen LogP contribution is 2.40. The number of rotatable bonds is 1. The summed E-state index contributed by atoms with van der Waals surface area (Å²) in [6.45, 7) is 5.66. The molecule has 19 heavy (non-hydrogen) atoms. The molecular weight excluding hydrogens is 238 g/mol. The number of fused-ring (bicyclic) bond motifs is 2. The summed E-state index contributed by atoms with van der Waals surface area (Å²) in [5.41, 5.74) is 2.84. The van der Waals surface area contributed by atoms with Crippen LogP contribution in [0.1, 0.15) is 29.5 Å². The second-order valence-corrected chi connectivity index (χ2v) is 6.33. The fraction of sp³-hybridized carbons (Fsp3) is 0.625. The number of hydrogen-bond donors (Lipinski definition) is 1. The summed E-state index contributed by atoms with van der Waals surface area (Å²) < 4.78 is 5.63. The number of ether oxygens (including phenoxy) is 1. The minimum absolute atomic E-state index is 0.332. The van der Waals surface area contributed by atoms with Gasteiger partial charge in [-0.25, -0.2) is 0 Å². The molecule has 0 aliphatic carbocycles. The van der Waals surface area contributed by atoms with Gasteiger partial charge in [0.15, 0.2) is 0 Å². The minimum Gasteiger partial charge on any atom is -0.385 e. The van der Waals surface area contributed by atoms with E-state index in [4.69, 9.17) is 4.74 Å². The Kier molecular flexibility index (Phi) is 3.16. The first kappa shape index (κ1) is 13.1. The van der Waals surface area contributed by atoms with E-state index >= 15 is 0 Å². The predicted octanol–water partition coefficient (Wildman–Crippen LogP) is 1.98. The van der Waals surface area contributed by atoms with Crippen molar-refractivity contribution in [3.05, 3.63) is 34.9 Å². The molecule has 2 fully saturated rings. The lowest BCUT2D eigenvalue weighted by Crippen LogP contribution is -2.59. The average molecular weight is 261 g/mol. The van der Waals surface area contributed by atoms with E-state index in [-0.39, 0.29) is 0 Å². The van der Waals surface area contributed by atoms with Crippen molar-refractivity contribution in [2.24, 2.45) is 0 Å². The van der Waals surface area contributed by atoms with E-state index in [0.717, 1.165) is 31.6 Å². The normalized spacial score (nSPS) is 35.4. The summed E-state index contributed by atoms with van der Waals surface area (Å²) in [6, 6.07) is 7.09. The molecule has 0 saturated carbocycles. The molecule has 1 aromatic carbocycles. The van der Waals surface area contributed by atoms with Gasteiger partial charge in [-0.2, -0.15) is 0 Å². The van der Waals surface area contributed by atoms with Crippen LogP contribution in [0.2, 0.25) is 0 Å². The van der Waals surface area contributed by atoms with Gasteiger partial charge < -0.3 is 9.84 Å². The van der Waals surface area contributed by atoms with Gasteiger partial charge in [0.1, 0.15) is 0 Å². The largest absolute Gasteiger partial charge is 0.385 e. The highest BCUT2D eigenvalue weighted by Gasteiger charge is 2.45. The molecule has 2 heterocycles. The molecule has 1 N–H and O–H groups in total. The Morgan fingerprint density at radius 3 is 2.16 bits per heavy atom. The van der Waals surface area contributed by atoms with E-state index in [0.29, 0.717) is 12.1 Å². The maximum absolute atomic E-state index is 11.1. The van der Waals surface area contributed by atoms with E-state index in [1.54, 1.807) is 0 Å². The fourth-order valence-corrected chi connectivity index (χ4v) is 3.62. The number of benzene rings is 1. The van der Waals surface area contributed by atoms with Gasteiger partial charge in [-0.05, 0) is 39.3 Å². The number of likely N-dealkylation sites (N-methyl/N-ethyl adjacent to an activating group) is 1. The zero-order valence-corrected chi connectivity index (χ0v) is 12.0. The van der Waals surface area contributed by atoms with E-state index in [1.807, 2.05) is 0 Å². The first-order valence-electron chi connectivity index (χ1n) is 7.09. The summed E-state index contributed by atoms with van der Waals surface area (Å²) in [4.78, 5) is 2.38. The van der Waals surface area contributed by atoms with Gasteiger partial charge in [0.05, 0.1) is 18.8 Å². The van der Waals surface area contributed by atoms with Gasteiger partial charge in [0, 0.05) is 12.1 Å². The van der Waals surface area contributed by atoms with Crippen molar-refractivity contribution >= 4 is 0 Å². The lowest BCUT2D eigenvalue weighted by Gasteiger charge is -2.50. The number of nitrogens with zero attached hydrogens (tertiary/aromatic N) is 1. The van der Waals surface area contributed by atoms with Crippen LogP contribution in [0.15, 0.2) is 18.2 Å². The fourth-order valence-electron chi connectivity index (χ4n) is 3.62. The molecule has 0 radical (unpaired) electrons. The van der Waals surface area contributed by atoms with Gasteiger partial charge in [0.2, 0.25) is 0 Å². The Hall–Kier alpha value is -0.900. The molecule has 2 aliphatic heterocycles. The Morgan fingerprint density at radius 1 is 1.11 bits per heavy atom. The highest BCUT2D eigenvalue weighted by atomic mass is 16.5. The van der Waals surface area contributed by atoms with E-state index in [1.165, 1.54) is 11.1 Å². The molecular formula is C16H23NO2. The maximum atomic E-state index is 11.1. The molecule has 2 atom stereocenters.